The van der Waals surface area contributed by atoms with E-state index < -0.39 is 6.29 Å². The van der Waals surface area contributed by atoms with Crippen LogP contribution in [0, 0.1) is 0 Å². The maximum absolute atomic E-state index is 6.54. The minimum Gasteiger partial charge on any atom is -0.364 e. The SMILES string of the molecule is [2H]OC(O[2H])c1cc[nH+]cc1. The van der Waals surface area contributed by atoms with Crippen LogP contribution in [0.25, 0.3) is 0 Å². The fourth-order valence-electron chi connectivity index (χ4n) is 0.557. The van der Waals surface area contributed by atoms with Crippen molar-refractivity contribution in [1.82, 2.24) is 0 Å². The van der Waals surface area contributed by atoms with Gasteiger partial charge in [-0.3, -0.25) is 0 Å². The third kappa shape index (κ3) is 1.48. The van der Waals surface area contributed by atoms with E-state index in [0.29, 0.717) is 5.56 Å². The van der Waals surface area contributed by atoms with Crippen molar-refractivity contribution in [1.29, 1.82) is 2.86 Å². The third-order valence-corrected chi connectivity index (χ3v) is 1.02. The van der Waals surface area contributed by atoms with Gasteiger partial charge in [0, 0.05) is 17.7 Å². The molecule has 0 aliphatic heterocycles. The number of aromatic amines is 1. The Labute approximate surface area is 55.6 Å². The van der Waals surface area contributed by atoms with Crippen molar-refractivity contribution in [2.24, 2.45) is 0 Å². The van der Waals surface area contributed by atoms with E-state index in [4.69, 9.17) is 2.86 Å². The summed E-state index contributed by atoms with van der Waals surface area (Å²) in [7, 11) is 0. The van der Waals surface area contributed by atoms with Crippen LogP contribution in [0.2, 0.25) is 0 Å². The van der Waals surface area contributed by atoms with Crippen LogP contribution in [0.15, 0.2) is 24.5 Å². The molecule has 0 unspecified atom stereocenters. The van der Waals surface area contributed by atoms with Gasteiger partial charge >= 0.3 is 0 Å². The van der Waals surface area contributed by atoms with Crippen molar-refractivity contribution in [2.45, 2.75) is 6.29 Å². The van der Waals surface area contributed by atoms with Gasteiger partial charge < -0.3 is 10.2 Å². The molecule has 1 aromatic heterocycles. The Morgan fingerprint density at radius 1 is 1.44 bits per heavy atom. The molecule has 0 saturated heterocycles. The van der Waals surface area contributed by atoms with Gasteiger partial charge in [-0.1, -0.05) is 0 Å². The van der Waals surface area contributed by atoms with Crippen LogP contribution in [-0.2, 0) is 0 Å². The van der Waals surface area contributed by atoms with Crippen molar-refractivity contribution in [3.05, 3.63) is 30.1 Å². The van der Waals surface area contributed by atoms with Gasteiger partial charge in [-0.2, -0.15) is 0 Å². The van der Waals surface area contributed by atoms with Crippen molar-refractivity contribution in [3.8, 4) is 0 Å². The Kier molecular flexibility index (Phi) is 1.14. The lowest BCUT2D eigenvalue weighted by Gasteiger charge is -1.97. The topological polar surface area (TPSA) is 54.6 Å². The second kappa shape index (κ2) is 2.57. The first-order valence-corrected chi connectivity index (χ1v) is 2.58. The molecule has 0 bridgehead atoms. The normalized spacial score (nSPS) is 13.0. The number of rotatable bonds is 3. The largest absolute Gasteiger partial charge is 0.364 e. The van der Waals surface area contributed by atoms with E-state index >= 15 is 0 Å². The van der Waals surface area contributed by atoms with E-state index in [-0.39, 0.29) is 0 Å². The van der Waals surface area contributed by atoms with Gasteiger partial charge in [-0.15, -0.1) is 0 Å². The Bertz CT molecular complexity index is 203. The van der Waals surface area contributed by atoms with Crippen LogP contribution in [0.1, 0.15) is 11.9 Å². The van der Waals surface area contributed by atoms with Gasteiger partial charge in [-0.25, -0.2) is 4.98 Å². The van der Waals surface area contributed by atoms with Crippen LogP contribution in [0.5, 0.6) is 0 Å². The molecule has 0 amide bonds. The Morgan fingerprint density at radius 3 is 2.67 bits per heavy atom. The Morgan fingerprint density at radius 2 is 2.11 bits per heavy atom. The van der Waals surface area contributed by atoms with Gasteiger partial charge in [0.15, 0.2) is 18.7 Å². The summed E-state index contributed by atoms with van der Waals surface area (Å²) in [6, 6.07) is 3.35. The molecule has 1 heterocycles. The lowest BCUT2D eigenvalue weighted by atomic mass is 10.3. The van der Waals surface area contributed by atoms with Crippen molar-refractivity contribution in [2.75, 3.05) is 0 Å². The summed E-state index contributed by atoms with van der Waals surface area (Å²) in [6.07, 6.45) is 2.41. The predicted molar refractivity (Wildman–Crippen MR) is 30.2 cm³/mol. The molecule has 3 heteroatoms. The first-order chi connectivity index (χ1) is 5.38. The lowest BCUT2D eigenvalue weighted by Crippen LogP contribution is -2.01. The average molecular weight is 128 g/mol. The maximum Gasteiger partial charge on any atom is 0.214 e. The summed E-state index contributed by atoms with van der Waals surface area (Å²) in [5.41, 5.74) is 0.633. The Balaban J connectivity index is 2.74. The summed E-state index contributed by atoms with van der Waals surface area (Å²) >= 11 is 0. The number of hydrogen-bond donors (Lipinski definition) is 2. The molecule has 0 fully saturated rings. The molecule has 0 spiro atoms. The summed E-state index contributed by atoms with van der Waals surface area (Å²) in [5.74, 6) is 0. The number of H-pyrrole nitrogens is 1. The van der Waals surface area contributed by atoms with Crippen LogP contribution in [-0.4, -0.2) is 13.1 Å². The molecule has 0 aliphatic rings. The third-order valence-electron chi connectivity index (χ3n) is 1.02. The van der Waals surface area contributed by atoms with E-state index in [2.05, 4.69) is 15.2 Å². The number of aliphatic hydroxyl groups excluding tert-OH is 1. The minimum absolute atomic E-state index is 0.633. The summed E-state index contributed by atoms with van der Waals surface area (Å²) in [5, 5.41) is 8.22. The van der Waals surface area contributed by atoms with E-state index in [9.17, 15) is 0 Å². The second-order valence-corrected chi connectivity index (χ2v) is 1.67. The predicted octanol–water partition coefficient (Wildman–Crippen LogP) is -0.516. The van der Waals surface area contributed by atoms with Crippen LogP contribution < -0.4 is 4.98 Å². The Hall–Kier alpha value is -0.930. The highest BCUT2D eigenvalue weighted by atomic mass is 16.5. The number of hydrogen-bond acceptors (Lipinski definition) is 2. The van der Waals surface area contributed by atoms with Gasteiger partial charge in [0.2, 0.25) is 2.86 Å². The highest BCUT2D eigenvalue weighted by Crippen LogP contribution is 2.04. The summed E-state index contributed by atoms with van der Waals surface area (Å²) in [4.78, 5) is 2.80. The van der Waals surface area contributed by atoms with Gasteiger partial charge in [0.05, 0.1) is 0 Å². The molecule has 1 rings (SSSR count). The molecule has 0 radical (unpaired) electrons. The van der Waals surface area contributed by atoms with Crippen LogP contribution >= 0.6 is 0 Å². The zero-order chi connectivity index (χ0) is 8.10. The number of aromatic nitrogens is 1. The highest BCUT2D eigenvalue weighted by Gasteiger charge is 1.99. The number of nitrogens with one attached hydrogen (secondary N) is 1. The molecule has 48 valence electrons. The fraction of sp³-hybridized carbons (Fsp3) is 0.167. The molecule has 3 N–H and O–H groups in total. The molecular weight excluding hydrogens is 118 g/mol. The summed E-state index contributed by atoms with van der Waals surface area (Å²) < 4.78 is 13.1. The van der Waals surface area contributed by atoms with Crippen molar-refractivity contribution in [3.63, 3.8) is 0 Å². The zero-order valence-corrected chi connectivity index (χ0v) is 4.70. The minimum atomic E-state index is -0.926. The molecule has 1 aromatic rings. The maximum atomic E-state index is 6.54. The molecule has 0 atom stereocenters. The van der Waals surface area contributed by atoms with Crippen molar-refractivity contribution < 1.29 is 15.2 Å². The molecule has 0 saturated carbocycles. The van der Waals surface area contributed by atoms with Crippen LogP contribution in [0.3, 0.4) is 0 Å². The summed E-state index contributed by atoms with van der Waals surface area (Å²) in [6.45, 7) is 0. The monoisotopic (exact) mass is 128 g/mol. The molecule has 0 aromatic carbocycles. The van der Waals surface area contributed by atoms with Crippen LogP contribution in [0.4, 0.5) is 0 Å². The zero-order valence-electron chi connectivity index (χ0n) is 6.70. The average Bonchev–Trinajstić information content (AvgIpc) is 2.09. The van der Waals surface area contributed by atoms with E-state index in [1.807, 2.05) is 0 Å². The van der Waals surface area contributed by atoms with E-state index in [1.165, 1.54) is 0 Å². The quantitative estimate of drug-likeness (QED) is 0.538. The van der Waals surface area contributed by atoms with E-state index in [0.717, 1.165) is 0 Å². The van der Waals surface area contributed by atoms with E-state index in [1.54, 1.807) is 24.5 Å². The van der Waals surface area contributed by atoms with Gasteiger partial charge in [0.25, 0.3) is 0 Å². The lowest BCUT2D eigenvalue weighted by molar-refractivity contribution is -0.378. The van der Waals surface area contributed by atoms with Gasteiger partial charge in [-0.05, 0) is 0 Å². The number of aliphatic hydroxyl groups is 2. The molecule has 9 heavy (non-hydrogen) atoms. The first-order valence-electron chi connectivity index (χ1n) is 3.40. The highest BCUT2D eigenvalue weighted by molar-refractivity contribution is 5.07. The first kappa shape index (κ1) is 3.98. The fourth-order valence-corrected chi connectivity index (χ4v) is 0.557. The van der Waals surface area contributed by atoms with Crippen molar-refractivity contribution >= 4 is 0 Å². The molecule has 3 nitrogen and oxygen atoms in total. The standard InChI is InChI=1S/C6H7NO2/c8-6(9)5-1-3-7-4-2-5/h1-4,6,8-9H/p+1/i8D,9D. The number of pyridine rings is 1. The second-order valence-electron chi connectivity index (χ2n) is 1.67. The molecular formula is C6H8NO2+. The smallest absolute Gasteiger partial charge is 0.214 e. The van der Waals surface area contributed by atoms with Gasteiger partial charge in [0.1, 0.15) is 0 Å². The molecule has 0 aliphatic carbocycles.